The fourth-order valence-corrected chi connectivity index (χ4v) is 2.70. The van der Waals surface area contributed by atoms with Gasteiger partial charge in [-0.05, 0) is 40.0 Å². The van der Waals surface area contributed by atoms with Gasteiger partial charge in [-0.15, -0.1) is 0 Å². The minimum absolute atomic E-state index is 0.118. The molecule has 0 aliphatic rings. The maximum atomic E-state index is 12.6. The van der Waals surface area contributed by atoms with Gasteiger partial charge in [0.05, 0.1) is 5.60 Å². The topological polar surface area (TPSA) is 26.3 Å². The maximum Gasteiger partial charge on any atom is 0.138 e. The van der Waals surface area contributed by atoms with Gasteiger partial charge in [-0.2, -0.15) is 0 Å². The lowest BCUT2D eigenvalue weighted by Gasteiger charge is -2.30. The highest BCUT2D eigenvalue weighted by Crippen LogP contribution is 2.33. The van der Waals surface area contributed by atoms with Crippen LogP contribution in [0.1, 0.15) is 86.5 Å². The molecule has 0 saturated carbocycles. The first kappa shape index (κ1) is 18.6. The number of rotatable bonds is 11. The van der Waals surface area contributed by atoms with E-state index in [4.69, 9.17) is 4.74 Å². The van der Waals surface area contributed by atoms with Gasteiger partial charge in [-0.25, -0.2) is 0 Å². The Kier molecular flexibility index (Phi) is 8.56. The first-order valence-corrected chi connectivity index (χ1v) is 7.98. The normalized spacial score (nSPS) is 15.3. The third kappa shape index (κ3) is 7.10. The Morgan fingerprint density at radius 2 is 1.58 bits per heavy atom. The van der Waals surface area contributed by atoms with E-state index in [0.29, 0.717) is 18.8 Å². The SMILES string of the molecule is CCCCC(C)(CCC)C(=O)CCC(C)(C)OCC. The number of carbonyl (C=O) groups is 1. The van der Waals surface area contributed by atoms with Gasteiger partial charge in [0.1, 0.15) is 5.78 Å². The summed E-state index contributed by atoms with van der Waals surface area (Å²) in [6.07, 6.45) is 6.92. The third-order valence-electron chi connectivity index (χ3n) is 4.05. The van der Waals surface area contributed by atoms with Crippen molar-refractivity contribution in [2.75, 3.05) is 6.61 Å². The minimum atomic E-state index is -0.178. The first-order chi connectivity index (χ1) is 8.81. The van der Waals surface area contributed by atoms with Gasteiger partial charge in [0.15, 0.2) is 0 Å². The van der Waals surface area contributed by atoms with E-state index in [1.807, 2.05) is 6.92 Å². The van der Waals surface area contributed by atoms with Gasteiger partial charge in [0.25, 0.3) is 0 Å². The molecule has 2 nitrogen and oxygen atoms in total. The quantitative estimate of drug-likeness (QED) is 0.519. The predicted octanol–water partition coefficient (Wildman–Crippen LogP) is 5.15. The van der Waals surface area contributed by atoms with E-state index in [0.717, 1.165) is 38.5 Å². The molecule has 114 valence electrons. The lowest BCUT2D eigenvalue weighted by Crippen LogP contribution is -2.31. The summed E-state index contributed by atoms with van der Waals surface area (Å²) in [6, 6.07) is 0. The molecule has 0 radical (unpaired) electrons. The Bertz CT molecular complexity index is 258. The molecular weight excluding hydrogens is 236 g/mol. The van der Waals surface area contributed by atoms with E-state index >= 15 is 0 Å². The Hall–Kier alpha value is -0.370. The van der Waals surface area contributed by atoms with E-state index in [9.17, 15) is 4.79 Å². The van der Waals surface area contributed by atoms with Crippen LogP contribution in [-0.2, 0) is 9.53 Å². The lowest BCUT2D eigenvalue weighted by molar-refractivity contribution is -0.130. The standard InChI is InChI=1S/C17H34O2/c1-7-10-13-17(6,12-8-2)15(18)11-14-16(4,5)19-9-3/h7-14H2,1-6H3. The first-order valence-electron chi connectivity index (χ1n) is 7.98. The number of unbranched alkanes of at least 4 members (excludes halogenated alkanes) is 1. The number of ketones is 1. The number of Topliss-reactive ketones (excluding diaryl/α,β-unsaturated/α-hetero) is 1. The van der Waals surface area contributed by atoms with Crippen molar-refractivity contribution >= 4 is 5.78 Å². The molecule has 0 saturated heterocycles. The van der Waals surface area contributed by atoms with E-state index in [1.165, 1.54) is 0 Å². The van der Waals surface area contributed by atoms with Gasteiger partial charge in [0.2, 0.25) is 0 Å². The Morgan fingerprint density at radius 3 is 2.05 bits per heavy atom. The molecule has 1 atom stereocenters. The molecule has 0 aliphatic heterocycles. The van der Waals surface area contributed by atoms with Crippen LogP contribution in [0.15, 0.2) is 0 Å². The van der Waals surface area contributed by atoms with Gasteiger partial charge >= 0.3 is 0 Å². The molecule has 0 fully saturated rings. The second kappa shape index (κ2) is 8.73. The minimum Gasteiger partial charge on any atom is -0.376 e. The zero-order chi connectivity index (χ0) is 14.9. The second-order valence-electron chi connectivity index (χ2n) is 6.53. The average molecular weight is 270 g/mol. The number of carbonyl (C=O) groups excluding carboxylic acids is 1. The van der Waals surface area contributed by atoms with Crippen molar-refractivity contribution in [3.8, 4) is 0 Å². The monoisotopic (exact) mass is 270 g/mol. The molecule has 0 aromatic rings. The van der Waals surface area contributed by atoms with Crippen molar-refractivity contribution in [1.82, 2.24) is 0 Å². The summed E-state index contributed by atoms with van der Waals surface area (Å²) in [5, 5.41) is 0. The highest BCUT2D eigenvalue weighted by Gasteiger charge is 2.32. The van der Waals surface area contributed by atoms with Gasteiger partial charge in [-0.3, -0.25) is 4.79 Å². The maximum absolute atomic E-state index is 12.6. The molecule has 19 heavy (non-hydrogen) atoms. The molecule has 0 aromatic carbocycles. The number of hydrogen-bond acceptors (Lipinski definition) is 2. The van der Waals surface area contributed by atoms with E-state index in [-0.39, 0.29) is 11.0 Å². The van der Waals surface area contributed by atoms with Gasteiger partial charge in [-0.1, -0.05) is 40.0 Å². The zero-order valence-corrected chi connectivity index (χ0v) is 14.0. The fraction of sp³-hybridized carbons (Fsp3) is 0.941. The van der Waals surface area contributed by atoms with Gasteiger partial charge in [0, 0.05) is 18.4 Å². The molecule has 0 N–H and O–H groups in total. The highest BCUT2D eigenvalue weighted by atomic mass is 16.5. The van der Waals surface area contributed by atoms with Crippen molar-refractivity contribution < 1.29 is 9.53 Å². The molecule has 0 amide bonds. The molecule has 2 heteroatoms. The summed E-state index contributed by atoms with van der Waals surface area (Å²) >= 11 is 0. The van der Waals surface area contributed by atoms with Crippen LogP contribution in [0.5, 0.6) is 0 Å². The van der Waals surface area contributed by atoms with Gasteiger partial charge < -0.3 is 4.74 Å². The lowest BCUT2D eigenvalue weighted by atomic mass is 9.75. The molecule has 0 bridgehead atoms. The van der Waals surface area contributed by atoms with E-state index < -0.39 is 0 Å². The molecular formula is C17H34O2. The van der Waals surface area contributed by atoms with Crippen LogP contribution >= 0.6 is 0 Å². The number of ether oxygens (including phenoxy) is 1. The highest BCUT2D eigenvalue weighted by molar-refractivity contribution is 5.84. The molecule has 1 unspecified atom stereocenters. The third-order valence-corrected chi connectivity index (χ3v) is 4.05. The Balaban J connectivity index is 4.47. The summed E-state index contributed by atoms with van der Waals surface area (Å²) in [5.74, 6) is 0.426. The molecule has 0 heterocycles. The predicted molar refractivity (Wildman–Crippen MR) is 82.5 cm³/mol. The summed E-state index contributed by atoms with van der Waals surface area (Å²) in [6.45, 7) is 13.4. The number of hydrogen-bond donors (Lipinski definition) is 0. The smallest absolute Gasteiger partial charge is 0.138 e. The summed E-state index contributed by atoms with van der Waals surface area (Å²) in [5.41, 5.74) is -0.296. The van der Waals surface area contributed by atoms with Crippen LogP contribution in [0.2, 0.25) is 0 Å². The molecule has 0 spiro atoms. The molecule has 0 rings (SSSR count). The van der Waals surface area contributed by atoms with Crippen molar-refractivity contribution in [3.05, 3.63) is 0 Å². The Morgan fingerprint density at radius 1 is 0.947 bits per heavy atom. The molecule has 0 aliphatic carbocycles. The summed E-state index contributed by atoms with van der Waals surface area (Å²) < 4.78 is 5.68. The van der Waals surface area contributed by atoms with Crippen molar-refractivity contribution in [2.45, 2.75) is 92.1 Å². The largest absolute Gasteiger partial charge is 0.376 e. The zero-order valence-electron chi connectivity index (χ0n) is 14.0. The average Bonchev–Trinajstić information content (AvgIpc) is 2.34. The van der Waals surface area contributed by atoms with Crippen LogP contribution in [0.25, 0.3) is 0 Å². The van der Waals surface area contributed by atoms with Crippen molar-refractivity contribution in [1.29, 1.82) is 0 Å². The summed E-state index contributed by atoms with van der Waals surface area (Å²) in [7, 11) is 0. The van der Waals surface area contributed by atoms with Crippen LogP contribution < -0.4 is 0 Å². The van der Waals surface area contributed by atoms with Crippen LogP contribution in [-0.4, -0.2) is 18.0 Å². The summed E-state index contributed by atoms with van der Waals surface area (Å²) in [4.78, 5) is 12.6. The van der Waals surface area contributed by atoms with E-state index in [2.05, 4.69) is 34.6 Å². The molecule has 0 aromatic heterocycles. The van der Waals surface area contributed by atoms with E-state index in [1.54, 1.807) is 0 Å². The van der Waals surface area contributed by atoms with Crippen LogP contribution in [0.3, 0.4) is 0 Å². The van der Waals surface area contributed by atoms with Crippen LogP contribution in [0.4, 0.5) is 0 Å². The second-order valence-corrected chi connectivity index (χ2v) is 6.53. The van der Waals surface area contributed by atoms with Crippen LogP contribution in [0, 0.1) is 5.41 Å². The fourth-order valence-electron chi connectivity index (χ4n) is 2.70. The van der Waals surface area contributed by atoms with Crippen molar-refractivity contribution in [2.24, 2.45) is 5.41 Å². The Labute approximate surface area is 120 Å². The van der Waals surface area contributed by atoms with Crippen molar-refractivity contribution in [3.63, 3.8) is 0 Å².